The van der Waals surface area contributed by atoms with Gasteiger partial charge in [0.1, 0.15) is 6.10 Å². The number of benzene rings is 2. The molecule has 0 aliphatic carbocycles. The SMILES string of the molecule is COc1cc2cc(c1OC)OCCCC(OC(=O)C1CC(=O)N(Cc3ccccc3)C1)CCN1CCCN(CCCOC2=O)CC1. The van der Waals surface area contributed by atoms with Crippen LogP contribution in [0, 0.1) is 5.92 Å². The highest BCUT2D eigenvalue weighted by molar-refractivity contribution is 5.91. The Bertz CT molecular complexity index is 1320. The number of nitrogens with zero attached hydrogens (tertiary/aromatic N) is 3. The molecule has 0 radical (unpaired) electrons. The molecule has 2 saturated heterocycles. The molecule has 1 amide bonds. The minimum atomic E-state index is -0.476. The van der Waals surface area contributed by atoms with E-state index in [9.17, 15) is 14.4 Å². The van der Waals surface area contributed by atoms with E-state index in [2.05, 4.69) is 9.80 Å². The van der Waals surface area contributed by atoms with Crippen LogP contribution in [-0.2, 0) is 25.6 Å². The number of esters is 2. The van der Waals surface area contributed by atoms with Crippen molar-refractivity contribution >= 4 is 17.8 Å². The quantitative estimate of drug-likeness (QED) is 0.435. The summed E-state index contributed by atoms with van der Waals surface area (Å²) in [6.45, 7) is 7.02. The molecule has 2 aromatic rings. The molecule has 0 spiro atoms. The van der Waals surface area contributed by atoms with Crippen LogP contribution in [0.3, 0.4) is 0 Å². The molecule has 0 N–H and O–H groups in total. The number of cyclic esters (lactones) is 1. The molecule has 11 nitrogen and oxygen atoms in total. The fourth-order valence-corrected chi connectivity index (χ4v) is 6.39. The summed E-state index contributed by atoms with van der Waals surface area (Å²) in [5, 5.41) is 0. The van der Waals surface area contributed by atoms with Gasteiger partial charge in [0, 0.05) is 45.7 Å². The molecule has 46 heavy (non-hydrogen) atoms. The van der Waals surface area contributed by atoms with Gasteiger partial charge in [0.15, 0.2) is 11.5 Å². The number of hydrogen-bond donors (Lipinski definition) is 0. The molecule has 11 heteroatoms. The average molecular weight is 638 g/mol. The first-order valence-corrected chi connectivity index (χ1v) is 16.5. The van der Waals surface area contributed by atoms with E-state index in [1.165, 1.54) is 14.2 Å². The second-order valence-corrected chi connectivity index (χ2v) is 12.2. The van der Waals surface area contributed by atoms with Crippen molar-refractivity contribution in [3.8, 4) is 17.2 Å². The van der Waals surface area contributed by atoms with Gasteiger partial charge in [-0.15, -0.1) is 0 Å². The van der Waals surface area contributed by atoms with E-state index in [1.54, 1.807) is 17.0 Å². The van der Waals surface area contributed by atoms with Crippen LogP contribution in [0.25, 0.3) is 0 Å². The molecule has 0 saturated carbocycles. The average Bonchev–Trinajstić information content (AvgIpc) is 3.28. The molecule has 3 aliphatic heterocycles. The van der Waals surface area contributed by atoms with Gasteiger partial charge in [-0.2, -0.15) is 0 Å². The highest BCUT2D eigenvalue weighted by atomic mass is 16.5. The number of methoxy groups -OCH3 is 2. The third kappa shape index (κ3) is 9.13. The van der Waals surface area contributed by atoms with Gasteiger partial charge in [0.25, 0.3) is 0 Å². The van der Waals surface area contributed by atoms with E-state index in [0.717, 1.165) is 57.7 Å². The van der Waals surface area contributed by atoms with Crippen molar-refractivity contribution in [1.29, 1.82) is 0 Å². The molecule has 4 atom stereocenters. The molecule has 3 aliphatic rings. The molecule has 0 aromatic heterocycles. The van der Waals surface area contributed by atoms with Crippen LogP contribution in [0.1, 0.15) is 54.4 Å². The number of rotatable bonds is 6. The number of carbonyl (C=O) groups is 3. The molecule has 5 rings (SSSR count). The fourth-order valence-electron chi connectivity index (χ4n) is 6.39. The van der Waals surface area contributed by atoms with E-state index < -0.39 is 11.9 Å². The van der Waals surface area contributed by atoms with Crippen molar-refractivity contribution in [3.05, 3.63) is 53.6 Å². The van der Waals surface area contributed by atoms with E-state index in [-0.39, 0.29) is 24.4 Å². The van der Waals surface area contributed by atoms with Gasteiger partial charge < -0.3 is 38.4 Å². The second-order valence-electron chi connectivity index (χ2n) is 12.2. The van der Waals surface area contributed by atoms with Crippen LogP contribution in [0.4, 0.5) is 0 Å². The Labute approximate surface area is 271 Å². The Kier molecular flexibility index (Phi) is 12.1. The van der Waals surface area contributed by atoms with Crippen LogP contribution in [-0.4, -0.2) is 112 Å². The number of ether oxygens (including phenoxy) is 5. The van der Waals surface area contributed by atoms with E-state index in [1.807, 2.05) is 30.3 Å². The lowest BCUT2D eigenvalue weighted by atomic mass is 10.1. The maximum Gasteiger partial charge on any atom is 0.338 e. The predicted octanol–water partition coefficient (Wildman–Crippen LogP) is 3.78. The standard InChI is InChI=1S/C35H47N3O8/c1-42-30-21-27-22-31(33(30)43-2)44-19-6-11-29(12-16-37-14-7-13-36(17-18-37)15-8-20-45-34(27)40)46-35(41)28-23-32(39)38(25-28)24-26-9-4-3-5-10-26/h3-5,9-10,21-22,28-29H,6-8,11-20,23-25H2,1-2H3. The van der Waals surface area contributed by atoms with Crippen LogP contribution in [0.5, 0.6) is 17.2 Å². The van der Waals surface area contributed by atoms with Crippen molar-refractivity contribution in [2.24, 2.45) is 5.92 Å². The largest absolute Gasteiger partial charge is 0.493 e. The number of amides is 1. The van der Waals surface area contributed by atoms with Gasteiger partial charge >= 0.3 is 11.9 Å². The first-order chi connectivity index (χ1) is 22.4. The van der Waals surface area contributed by atoms with Crippen LogP contribution < -0.4 is 14.2 Å². The number of likely N-dealkylation sites (tertiary alicyclic amines) is 1. The van der Waals surface area contributed by atoms with Gasteiger partial charge in [-0.05, 0) is 62.9 Å². The first kappa shape index (κ1) is 33.5. The van der Waals surface area contributed by atoms with Crippen LogP contribution >= 0.6 is 0 Å². The zero-order valence-corrected chi connectivity index (χ0v) is 27.1. The summed E-state index contributed by atoms with van der Waals surface area (Å²) >= 11 is 0. The van der Waals surface area contributed by atoms with E-state index in [0.29, 0.717) is 68.4 Å². The van der Waals surface area contributed by atoms with Gasteiger partial charge in [-0.25, -0.2) is 4.79 Å². The third-order valence-electron chi connectivity index (χ3n) is 8.96. The minimum Gasteiger partial charge on any atom is -0.493 e. The van der Waals surface area contributed by atoms with E-state index in [4.69, 9.17) is 23.7 Å². The van der Waals surface area contributed by atoms with Crippen molar-refractivity contribution in [3.63, 3.8) is 0 Å². The molecular formula is C35H47N3O8. The minimum absolute atomic E-state index is 0.0238. The van der Waals surface area contributed by atoms with Gasteiger partial charge in [-0.3, -0.25) is 9.59 Å². The zero-order valence-electron chi connectivity index (χ0n) is 27.1. The van der Waals surface area contributed by atoms with Crippen molar-refractivity contribution < 1.29 is 38.1 Å². The summed E-state index contributed by atoms with van der Waals surface area (Å²) in [7, 11) is 3.04. The first-order valence-electron chi connectivity index (χ1n) is 16.5. The topological polar surface area (TPSA) is 107 Å². The maximum atomic E-state index is 13.4. The Morgan fingerprint density at radius 1 is 0.848 bits per heavy atom. The van der Waals surface area contributed by atoms with Gasteiger partial charge in [0.2, 0.25) is 11.7 Å². The highest BCUT2D eigenvalue weighted by Gasteiger charge is 2.36. The van der Waals surface area contributed by atoms with Crippen LogP contribution in [0.2, 0.25) is 0 Å². The summed E-state index contributed by atoms with van der Waals surface area (Å²) in [6, 6.07) is 13.0. The second kappa shape index (κ2) is 16.6. The van der Waals surface area contributed by atoms with Crippen molar-refractivity contribution in [2.75, 3.05) is 73.2 Å². The Balaban J connectivity index is 1.26. The third-order valence-corrected chi connectivity index (χ3v) is 8.96. The summed E-state index contributed by atoms with van der Waals surface area (Å²) < 4.78 is 28.9. The molecule has 250 valence electrons. The number of fused-ring (bicyclic) bond motifs is 5. The zero-order chi connectivity index (χ0) is 32.3. The monoisotopic (exact) mass is 637 g/mol. The summed E-state index contributed by atoms with van der Waals surface area (Å²) in [6.07, 6.45) is 3.56. The summed E-state index contributed by atoms with van der Waals surface area (Å²) in [4.78, 5) is 45.7. The van der Waals surface area contributed by atoms with Gasteiger partial charge in [-0.1, -0.05) is 30.3 Å². The Morgan fingerprint density at radius 3 is 2.35 bits per heavy atom. The lowest BCUT2D eigenvalue weighted by Crippen LogP contribution is -2.34. The van der Waals surface area contributed by atoms with Crippen molar-refractivity contribution in [1.82, 2.24) is 14.7 Å². The van der Waals surface area contributed by atoms with Gasteiger partial charge in [0.05, 0.1) is 38.9 Å². The fraction of sp³-hybridized carbons (Fsp3) is 0.571. The molecule has 3 heterocycles. The highest BCUT2D eigenvalue weighted by Crippen LogP contribution is 2.39. The summed E-state index contributed by atoms with van der Waals surface area (Å²) in [5.74, 6) is -0.0918. The Hall–Kier alpha value is -3.83. The smallest absolute Gasteiger partial charge is 0.338 e. The lowest BCUT2D eigenvalue weighted by Gasteiger charge is -2.25. The maximum absolute atomic E-state index is 13.4. The van der Waals surface area contributed by atoms with Crippen LogP contribution in [0.15, 0.2) is 42.5 Å². The lowest BCUT2D eigenvalue weighted by molar-refractivity contribution is -0.154. The Morgan fingerprint density at radius 2 is 1.59 bits per heavy atom. The normalized spacial score (nSPS) is 24.9. The molecule has 4 unspecified atom stereocenters. The molecule has 2 aromatic carbocycles. The number of hydrogen-bond acceptors (Lipinski definition) is 10. The summed E-state index contributed by atoms with van der Waals surface area (Å²) in [5.41, 5.74) is 1.37. The molecule has 4 bridgehead atoms. The van der Waals surface area contributed by atoms with Crippen molar-refractivity contribution in [2.45, 2.75) is 51.2 Å². The molecule has 2 fully saturated rings. The van der Waals surface area contributed by atoms with E-state index >= 15 is 0 Å². The number of carbonyl (C=O) groups excluding carboxylic acids is 3. The predicted molar refractivity (Wildman–Crippen MR) is 171 cm³/mol. The molecular weight excluding hydrogens is 590 g/mol.